The summed E-state index contributed by atoms with van der Waals surface area (Å²) in [5.74, 6) is 0.515. The fraction of sp³-hybridized carbons (Fsp3) is 0.600. The number of nitrogens with zero attached hydrogens (tertiary/aromatic N) is 1. The van der Waals surface area contributed by atoms with Gasteiger partial charge in [-0.15, -0.1) is 0 Å². The molecule has 2 rings (SSSR count). The van der Waals surface area contributed by atoms with Crippen LogP contribution in [0.4, 0.5) is 5.69 Å². The fourth-order valence-corrected chi connectivity index (χ4v) is 3.39. The number of methoxy groups -OCH3 is 1. The minimum Gasteiger partial charge on any atom is -0.496 e. The van der Waals surface area contributed by atoms with E-state index < -0.39 is 5.97 Å². The summed E-state index contributed by atoms with van der Waals surface area (Å²) >= 11 is 6.00. The predicted octanol–water partition coefficient (Wildman–Crippen LogP) is 2.72. The molecular formula is C20H30ClN3O4. The molecule has 1 heterocycles. The van der Waals surface area contributed by atoms with E-state index in [0.29, 0.717) is 41.9 Å². The van der Waals surface area contributed by atoms with Crippen molar-refractivity contribution in [3.05, 3.63) is 22.7 Å². The molecule has 8 heteroatoms. The van der Waals surface area contributed by atoms with Crippen molar-refractivity contribution < 1.29 is 19.1 Å². The fourth-order valence-electron chi connectivity index (χ4n) is 3.23. The third-order valence-electron chi connectivity index (χ3n) is 4.95. The van der Waals surface area contributed by atoms with E-state index in [9.17, 15) is 9.59 Å². The number of likely N-dealkylation sites (tertiary alicyclic amines) is 1. The zero-order valence-electron chi connectivity index (χ0n) is 16.6. The van der Waals surface area contributed by atoms with Gasteiger partial charge in [-0.2, -0.15) is 0 Å². The maximum atomic E-state index is 12.3. The molecule has 1 aliphatic rings. The summed E-state index contributed by atoms with van der Waals surface area (Å²) in [5, 5.41) is 3.30. The molecule has 1 saturated heterocycles. The number of nitrogens with one attached hydrogen (secondary N) is 1. The molecule has 0 unspecified atom stereocenters. The number of benzene rings is 1. The summed E-state index contributed by atoms with van der Waals surface area (Å²) in [7, 11) is 1.47. The second-order valence-corrected chi connectivity index (χ2v) is 7.46. The molecule has 0 bridgehead atoms. The molecule has 0 saturated carbocycles. The summed E-state index contributed by atoms with van der Waals surface area (Å²) in [6, 6.07) is 2.99. The van der Waals surface area contributed by atoms with Crippen LogP contribution in [0.2, 0.25) is 5.02 Å². The smallest absolute Gasteiger partial charge is 0.342 e. The Morgan fingerprint density at radius 1 is 1.32 bits per heavy atom. The van der Waals surface area contributed by atoms with Crippen LogP contribution in [0.25, 0.3) is 0 Å². The quantitative estimate of drug-likeness (QED) is 0.479. The van der Waals surface area contributed by atoms with Gasteiger partial charge in [0.05, 0.1) is 17.8 Å². The monoisotopic (exact) mass is 411 g/mol. The highest BCUT2D eigenvalue weighted by Gasteiger charge is 2.21. The Morgan fingerprint density at radius 2 is 2.04 bits per heavy atom. The standard InChI is InChI=1S/C20H30ClN3O4/c1-3-4-19(25)23-13-14-5-7-24(8-6-14)9-10-28-20(26)15-11-16(21)17(22)12-18(15)27-2/h11-12,14H,3-10,13,22H2,1-2H3,(H,23,25). The lowest BCUT2D eigenvalue weighted by Crippen LogP contribution is -2.40. The second kappa shape index (κ2) is 11.1. The lowest BCUT2D eigenvalue weighted by molar-refractivity contribution is -0.121. The molecule has 156 valence electrons. The number of ether oxygens (including phenoxy) is 2. The van der Waals surface area contributed by atoms with E-state index in [0.717, 1.165) is 38.9 Å². The Morgan fingerprint density at radius 3 is 2.68 bits per heavy atom. The first-order chi connectivity index (χ1) is 13.4. The van der Waals surface area contributed by atoms with Crippen LogP contribution in [0, 0.1) is 5.92 Å². The van der Waals surface area contributed by atoms with Crippen molar-refractivity contribution in [1.82, 2.24) is 10.2 Å². The van der Waals surface area contributed by atoms with Gasteiger partial charge in [-0.1, -0.05) is 18.5 Å². The van der Waals surface area contributed by atoms with Crippen molar-refractivity contribution in [1.29, 1.82) is 0 Å². The number of carbonyl (C=O) groups is 2. The van der Waals surface area contributed by atoms with Crippen LogP contribution in [0.1, 0.15) is 43.0 Å². The first kappa shape index (κ1) is 22.3. The summed E-state index contributed by atoms with van der Waals surface area (Å²) in [6.45, 7) is 5.58. The molecule has 0 aliphatic carbocycles. The van der Waals surface area contributed by atoms with Crippen molar-refractivity contribution in [2.45, 2.75) is 32.6 Å². The number of nitrogens with two attached hydrogens (primary N) is 1. The van der Waals surface area contributed by atoms with E-state index in [1.807, 2.05) is 6.92 Å². The number of hydrogen-bond acceptors (Lipinski definition) is 6. The van der Waals surface area contributed by atoms with Gasteiger partial charge in [-0.3, -0.25) is 9.69 Å². The Labute approximate surface area is 171 Å². The molecule has 1 aromatic carbocycles. The summed E-state index contributed by atoms with van der Waals surface area (Å²) < 4.78 is 10.6. The zero-order chi connectivity index (χ0) is 20.5. The van der Waals surface area contributed by atoms with Crippen molar-refractivity contribution in [2.24, 2.45) is 5.92 Å². The maximum absolute atomic E-state index is 12.3. The summed E-state index contributed by atoms with van der Waals surface area (Å²) in [5.41, 5.74) is 6.35. The van der Waals surface area contributed by atoms with E-state index in [2.05, 4.69) is 10.2 Å². The SMILES string of the molecule is CCCC(=O)NCC1CCN(CCOC(=O)c2cc(Cl)c(N)cc2OC)CC1. The Bertz CT molecular complexity index is 676. The first-order valence-electron chi connectivity index (χ1n) is 9.73. The van der Waals surface area contributed by atoms with Crippen LogP contribution < -0.4 is 15.8 Å². The largest absolute Gasteiger partial charge is 0.496 e. The summed E-state index contributed by atoms with van der Waals surface area (Å²) in [6.07, 6.45) is 3.52. The van der Waals surface area contributed by atoms with E-state index >= 15 is 0 Å². The number of esters is 1. The molecule has 1 aromatic rings. The highest BCUT2D eigenvalue weighted by Crippen LogP contribution is 2.29. The van der Waals surface area contributed by atoms with E-state index in [1.54, 1.807) is 0 Å². The van der Waals surface area contributed by atoms with Crippen LogP contribution >= 0.6 is 11.6 Å². The molecule has 1 fully saturated rings. The minimum atomic E-state index is -0.479. The Balaban J connectivity index is 1.71. The van der Waals surface area contributed by atoms with E-state index in [-0.39, 0.29) is 11.5 Å². The third kappa shape index (κ3) is 6.56. The molecule has 0 aromatic heterocycles. The lowest BCUT2D eigenvalue weighted by atomic mass is 9.97. The molecule has 0 spiro atoms. The molecule has 3 N–H and O–H groups in total. The van der Waals surface area contributed by atoms with E-state index in [1.165, 1.54) is 19.2 Å². The first-order valence-corrected chi connectivity index (χ1v) is 10.1. The van der Waals surface area contributed by atoms with E-state index in [4.69, 9.17) is 26.8 Å². The molecular weight excluding hydrogens is 382 g/mol. The molecule has 0 radical (unpaired) electrons. The van der Waals surface area contributed by atoms with Crippen LogP contribution in [-0.2, 0) is 9.53 Å². The van der Waals surface area contributed by atoms with Gasteiger partial charge in [0, 0.05) is 25.6 Å². The molecule has 1 aliphatic heterocycles. The van der Waals surface area contributed by atoms with Gasteiger partial charge in [-0.25, -0.2) is 4.79 Å². The topological polar surface area (TPSA) is 93.9 Å². The number of amides is 1. The van der Waals surface area contributed by atoms with Crippen LogP contribution in [0.5, 0.6) is 5.75 Å². The van der Waals surface area contributed by atoms with Gasteiger partial charge in [0.1, 0.15) is 17.9 Å². The van der Waals surface area contributed by atoms with Crippen LogP contribution in [-0.4, -0.2) is 56.7 Å². The van der Waals surface area contributed by atoms with Crippen molar-refractivity contribution in [3.8, 4) is 5.75 Å². The number of piperidine rings is 1. The lowest BCUT2D eigenvalue weighted by Gasteiger charge is -2.31. The predicted molar refractivity (Wildman–Crippen MR) is 110 cm³/mol. The van der Waals surface area contributed by atoms with Crippen molar-refractivity contribution >= 4 is 29.2 Å². The van der Waals surface area contributed by atoms with Gasteiger partial charge in [-0.05, 0) is 44.3 Å². The molecule has 28 heavy (non-hydrogen) atoms. The molecule has 1 amide bonds. The van der Waals surface area contributed by atoms with Gasteiger partial charge < -0.3 is 20.5 Å². The van der Waals surface area contributed by atoms with Crippen LogP contribution in [0.15, 0.2) is 12.1 Å². The summed E-state index contributed by atoms with van der Waals surface area (Å²) in [4.78, 5) is 26.2. The molecule has 7 nitrogen and oxygen atoms in total. The second-order valence-electron chi connectivity index (χ2n) is 7.05. The van der Waals surface area contributed by atoms with Gasteiger partial charge >= 0.3 is 5.97 Å². The number of rotatable bonds is 9. The van der Waals surface area contributed by atoms with Gasteiger partial charge in [0.2, 0.25) is 5.91 Å². The zero-order valence-corrected chi connectivity index (χ0v) is 17.4. The number of anilines is 1. The van der Waals surface area contributed by atoms with Crippen molar-refractivity contribution in [2.75, 3.05) is 45.6 Å². The normalized spacial score (nSPS) is 15.2. The molecule has 0 atom stereocenters. The Hall–Kier alpha value is -1.99. The van der Waals surface area contributed by atoms with Gasteiger partial charge in [0.25, 0.3) is 0 Å². The Kier molecular flexibility index (Phi) is 8.86. The highest BCUT2D eigenvalue weighted by atomic mass is 35.5. The minimum absolute atomic E-state index is 0.134. The van der Waals surface area contributed by atoms with Gasteiger partial charge in [0.15, 0.2) is 0 Å². The maximum Gasteiger partial charge on any atom is 0.342 e. The number of nitrogen functional groups attached to an aromatic ring is 1. The average molecular weight is 412 g/mol. The highest BCUT2D eigenvalue weighted by molar-refractivity contribution is 6.33. The average Bonchev–Trinajstić information content (AvgIpc) is 2.69. The number of hydrogen-bond donors (Lipinski definition) is 2. The number of carbonyl (C=O) groups excluding carboxylic acids is 2. The van der Waals surface area contributed by atoms with Crippen LogP contribution in [0.3, 0.4) is 0 Å². The third-order valence-corrected chi connectivity index (χ3v) is 5.28. The number of halogens is 1. The van der Waals surface area contributed by atoms with Crippen molar-refractivity contribution in [3.63, 3.8) is 0 Å².